The minimum absolute atomic E-state index is 0.351. The molecule has 6 heteroatoms. The van der Waals surface area contributed by atoms with E-state index in [1.165, 1.54) is 12.3 Å². The predicted molar refractivity (Wildman–Crippen MR) is 77.7 cm³/mol. The summed E-state index contributed by atoms with van der Waals surface area (Å²) in [6.07, 6.45) is 5.58. The number of carboxylic acid groups (broad SMARTS) is 1. The van der Waals surface area contributed by atoms with Gasteiger partial charge in [0.1, 0.15) is 0 Å². The first-order chi connectivity index (χ1) is 10.1. The molecule has 1 aromatic heterocycles. The van der Waals surface area contributed by atoms with Gasteiger partial charge in [0.15, 0.2) is 0 Å². The van der Waals surface area contributed by atoms with Crippen LogP contribution >= 0.6 is 0 Å². The lowest BCUT2D eigenvalue weighted by Gasteiger charge is -2.07. The van der Waals surface area contributed by atoms with Crippen molar-refractivity contribution in [2.75, 3.05) is 5.32 Å². The molecular weight excluding hydrogens is 272 g/mol. The smallest absolute Gasteiger partial charge is 0.328 e. The van der Waals surface area contributed by atoms with E-state index in [9.17, 15) is 9.59 Å². The summed E-state index contributed by atoms with van der Waals surface area (Å²) >= 11 is 0. The molecule has 6 nitrogen and oxygen atoms in total. The molecule has 3 N–H and O–H groups in total. The predicted octanol–water partition coefficient (Wildman–Crippen LogP) is 2.70. The molecule has 2 amide bonds. The largest absolute Gasteiger partial charge is 0.478 e. The number of carbonyl (C=O) groups excluding carboxylic acids is 1. The van der Waals surface area contributed by atoms with E-state index in [4.69, 9.17) is 9.52 Å². The molecule has 2 aromatic rings. The topological polar surface area (TPSA) is 91.6 Å². The highest BCUT2D eigenvalue weighted by atomic mass is 16.4. The molecule has 0 saturated heterocycles. The summed E-state index contributed by atoms with van der Waals surface area (Å²) in [5.74, 6) is -1.02. The van der Waals surface area contributed by atoms with Crippen LogP contribution in [-0.4, -0.2) is 17.1 Å². The van der Waals surface area contributed by atoms with Gasteiger partial charge >= 0.3 is 12.0 Å². The molecule has 0 aliphatic heterocycles. The van der Waals surface area contributed by atoms with Crippen molar-refractivity contribution < 1.29 is 19.1 Å². The summed E-state index contributed by atoms with van der Waals surface area (Å²) in [5.41, 5.74) is 2.13. The zero-order valence-corrected chi connectivity index (χ0v) is 11.1. The van der Waals surface area contributed by atoms with Crippen molar-refractivity contribution in [2.45, 2.75) is 6.54 Å². The highest BCUT2D eigenvalue weighted by molar-refractivity contribution is 5.90. The van der Waals surface area contributed by atoms with E-state index >= 15 is 0 Å². The van der Waals surface area contributed by atoms with E-state index < -0.39 is 5.97 Å². The summed E-state index contributed by atoms with van der Waals surface area (Å²) in [4.78, 5) is 22.2. The van der Waals surface area contributed by atoms with Crippen molar-refractivity contribution in [3.8, 4) is 0 Å². The van der Waals surface area contributed by atoms with Gasteiger partial charge in [0, 0.05) is 23.9 Å². The van der Waals surface area contributed by atoms with Gasteiger partial charge < -0.3 is 20.2 Å². The number of hydrogen-bond donors (Lipinski definition) is 3. The highest BCUT2D eigenvalue weighted by Crippen LogP contribution is 2.12. The minimum Gasteiger partial charge on any atom is -0.478 e. The Labute approximate surface area is 121 Å². The fraction of sp³-hybridized carbons (Fsp3) is 0.0667. The van der Waals surface area contributed by atoms with Crippen LogP contribution in [0.4, 0.5) is 10.5 Å². The van der Waals surface area contributed by atoms with E-state index in [0.717, 1.165) is 11.6 Å². The summed E-state index contributed by atoms with van der Waals surface area (Å²) < 4.78 is 4.90. The molecule has 0 atom stereocenters. The SMILES string of the molecule is O=C(O)/C=C/c1cccc(NC(=O)NCc2ccoc2)c1. The molecular formula is C15H14N2O4. The van der Waals surface area contributed by atoms with Crippen molar-refractivity contribution in [3.05, 3.63) is 60.1 Å². The van der Waals surface area contributed by atoms with Gasteiger partial charge in [-0.1, -0.05) is 12.1 Å². The molecule has 0 bridgehead atoms. The first kappa shape index (κ1) is 14.4. The third-order valence-electron chi connectivity index (χ3n) is 2.60. The van der Waals surface area contributed by atoms with Gasteiger partial charge in [-0.15, -0.1) is 0 Å². The lowest BCUT2D eigenvalue weighted by molar-refractivity contribution is -0.131. The van der Waals surface area contributed by atoms with Crippen LogP contribution in [-0.2, 0) is 11.3 Å². The van der Waals surface area contributed by atoms with Crippen LogP contribution < -0.4 is 10.6 Å². The molecule has 108 valence electrons. The van der Waals surface area contributed by atoms with Crippen LogP contribution in [0, 0.1) is 0 Å². The Morgan fingerprint density at radius 2 is 2.14 bits per heavy atom. The Balaban J connectivity index is 1.91. The molecule has 0 radical (unpaired) electrons. The molecule has 0 saturated carbocycles. The fourth-order valence-electron chi connectivity index (χ4n) is 1.64. The van der Waals surface area contributed by atoms with Gasteiger partial charge in [-0.25, -0.2) is 9.59 Å². The van der Waals surface area contributed by atoms with E-state index in [1.807, 2.05) is 0 Å². The van der Waals surface area contributed by atoms with Crippen molar-refractivity contribution in [3.63, 3.8) is 0 Å². The first-order valence-electron chi connectivity index (χ1n) is 6.20. The quantitative estimate of drug-likeness (QED) is 0.737. The monoisotopic (exact) mass is 286 g/mol. The second-order valence-electron chi connectivity index (χ2n) is 4.24. The number of aliphatic carboxylic acids is 1. The maximum Gasteiger partial charge on any atom is 0.328 e. The van der Waals surface area contributed by atoms with Crippen LogP contribution in [0.15, 0.2) is 53.4 Å². The fourth-order valence-corrected chi connectivity index (χ4v) is 1.64. The molecule has 0 aliphatic rings. The number of carbonyl (C=O) groups is 2. The second-order valence-corrected chi connectivity index (χ2v) is 4.24. The Hall–Kier alpha value is -3.02. The molecule has 0 fully saturated rings. The van der Waals surface area contributed by atoms with Gasteiger partial charge in [-0.05, 0) is 29.8 Å². The third-order valence-corrected chi connectivity index (χ3v) is 2.60. The number of furan rings is 1. The summed E-state index contributed by atoms with van der Waals surface area (Å²) in [7, 11) is 0. The highest BCUT2D eigenvalue weighted by Gasteiger charge is 2.02. The van der Waals surface area contributed by atoms with Crippen LogP contribution in [0.1, 0.15) is 11.1 Å². The van der Waals surface area contributed by atoms with Gasteiger partial charge in [-0.3, -0.25) is 0 Å². The molecule has 0 spiro atoms. The van der Waals surface area contributed by atoms with Gasteiger partial charge in [0.2, 0.25) is 0 Å². The van der Waals surface area contributed by atoms with Crippen LogP contribution in [0.2, 0.25) is 0 Å². The Bertz CT molecular complexity index is 647. The summed E-state index contributed by atoms with van der Waals surface area (Å²) in [6, 6.07) is 8.28. The molecule has 0 unspecified atom stereocenters. The Morgan fingerprint density at radius 1 is 1.29 bits per heavy atom. The lowest BCUT2D eigenvalue weighted by atomic mass is 10.2. The van der Waals surface area contributed by atoms with Crippen molar-refractivity contribution >= 4 is 23.8 Å². The Kier molecular flexibility index (Phi) is 4.76. The van der Waals surface area contributed by atoms with Crippen LogP contribution in [0.25, 0.3) is 6.08 Å². The Morgan fingerprint density at radius 3 is 2.86 bits per heavy atom. The molecule has 1 aromatic carbocycles. The number of rotatable bonds is 5. The van der Waals surface area contributed by atoms with Crippen molar-refractivity contribution in [1.29, 1.82) is 0 Å². The third kappa shape index (κ3) is 4.87. The van der Waals surface area contributed by atoms with Gasteiger partial charge in [-0.2, -0.15) is 0 Å². The molecule has 1 heterocycles. The zero-order valence-electron chi connectivity index (χ0n) is 11.1. The zero-order chi connectivity index (χ0) is 15.1. The van der Waals surface area contributed by atoms with Gasteiger partial charge in [0.05, 0.1) is 12.5 Å². The molecule has 2 rings (SSSR count). The number of urea groups is 1. The minimum atomic E-state index is -1.02. The van der Waals surface area contributed by atoms with E-state index in [1.54, 1.807) is 36.6 Å². The van der Waals surface area contributed by atoms with E-state index in [-0.39, 0.29) is 6.03 Å². The number of anilines is 1. The first-order valence-corrected chi connectivity index (χ1v) is 6.20. The molecule has 21 heavy (non-hydrogen) atoms. The average molecular weight is 286 g/mol. The van der Waals surface area contributed by atoms with Crippen molar-refractivity contribution in [1.82, 2.24) is 5.32 Å². The maximum absolute atomic E-state index is 11.7. The number of hydrogen-bond acceptors (Lipinski definition) is 3. The normalized spacial score (nSPS) is 10.5. The number of amides is 2. The summed E-state index contributed by atoms with van der Waals surface area (Å²) in [6.45, 7) is 0.362. The van der Waals surface area contributed by atoms with Crippen LogP contribution in [0.5, 0.6) is 0 Å². The summed E-state index contributed by atoms with van der Waals surface area (Å²) in [5, 5.41) is 13.9. The molecule has 0 aliphatic carbocycles. The number of benzene rings is 1. The number of carboxylic acids is 1. The van der Waals surface area contributed by atoms with Crippen molar-refractivity contribution in [2.24, 2.45) is 0 Å². The standard InChI is InChI=1S/C15H14N2O4/c18-14(19)5-4-11-2-1-3-13(8-11)17-15(20)16-9-12-6-7-21-10-12/h1-8,10H,9H2,(H,18,19)(H2,16,17,20)/b5-4+. The maximum atomic E-state index is 11.7. The van der Waals surface area contributed by atoms with E-state index in [0.29, 0.717) is 17.8 Å². The van der Waals surface area contributed by atoms with Gasteiger partial charge in [0.25, 0.3) is 0 Å². The average Bonchev–Trinajstić information content (AvgIpc) is 2.97. The number of nitrogens with one attached hydrogen (secondary N) is 2. The lowest BCUT2D eigenvalue weighted by Crippen LogP contribution is -2.27. The van der Waals surface area contributed by atoms with Crippen LogP contribution in [0.3, 0.4) is 0 Å². The second kappa shape index (κ2) is 6.95. The van der Waals surface area contributed by atoms with E-state index in [2.05, 4.69) is 10.6 Å².